The van der Waals surface area contributed by atoms with Crippen LogP contribution in [-0.4, -0.2) is 46.7 Å². The highest BCUT2D eigenvalue weighted by Gasteiger charge is 2.38. The number of aliphatic carboxylic acids is 1. The number of carbonyl (C=O) groups is 3. The second-order valence-electron chi connectivity index (χ2n) is 8.61. The Bertz CT molecular complexity index is 781. The maximum absolute atomic E-state index is 12.7. The first kappa shape index (κ1) is 21.4. The van der Waals surface area contributed by atoms with Crippen molar-refractivity contribution in [2.45, 2.75) is 52.6 Å². The van der Waals surface area contributed by atoms with Crippen LogP contribution in [-0.2, 0) is 14.4 Å². The van der Waals surface area contributed by atoms with Crippen molar-refractivity contribution in [2.24, 2.45) is 10.5 Å². The molecule has 2 rings (SSSR count). The van der Waals surface area contributed by atoms with E-state index in [-0.39, 0.29) is 23.5 Å². The zero-order valence-electron chi connectivity index (χ0n) is 16.9. The van der Waals surface area contributed by atoms with Gasteiger partial charge in [0.15, 0.2) is 6.04 Å². The number of anilines is 1. The van der Waals surface area contributed by atoms with Crippen LogP contribution in [0.5, 0.6) is 0 Å². The Balaban J connectivity index is 2.12. The quantitative estimate of drug-likeness (QED) is 0.688. The number of hydrazone groups is 1. The molecule has 0 fully saturated rings. The van der Waals surface area contributed by atoms with Crippen LogP contribution in [0, 0.1) is 5.41 Å². The number of carboxylic acid groups (broad SMARTS) is 1. The third-order valence-electron chi connectivity index (χ3n) is 4.25. The number of hydrogen-bond donors (Lipinski definition) is 3. The lowest BCUT2D eigenvalue weighted by Gasteiger charge is -2.27. The van der Waals surface area contributed by atoms with E-state index in [0.29, 0.717) is 12.2 Å². The molecule has 0 bridgehead atoms. The number of nitrogens with zero attached hydrogens (tertiary/aromatic N) is 2. The predicted molar refractivity (Wildman–Crippen MR) is 107 cm³/mol. The molecule has 1 atom stereocenters. The minimum atomic E-state index is -1.16. The van der Waals surface area contributed by atoms with Crippen molar-refractivity contribution in [3.05, 3.63) is 30.3 Å². The van der Waals surface area contributed by atoms with Crippen molar-refractivity contribution in [3.8, 4) is 0 Å². The van der Waals surface area contributed by atoms with Gasteiger partial charge in [0.1, 0.15) is 11.3 Å². The number of amides is 2. The lowest BCUT2D eigenvalue weighted by molar-refractivity contribution is -0.138. The molecule has 0 spiro atoms. The highest BCUT2D eigenvalue weighted by Crippen LogP contribution is 2.25. The molecule has 1 aliphatic heterocycles. The number of para-hydroxylation sites is 1. The summed E-state index contributed by atoms with van der Waals surface area (Å²) in [7, 11) is 0. The standard InChI is InChI=1S/C20H28N4O4/c1-19(2,3)12-21-18(28)20(4,5)22-16(25)14-11-15(17(26)27)24(23-14)13-9-7-6-8-10-13/h6-10,15H,11-12H2,1-5H3,(H,21,28)(H,22,25)(H,26,27). The van der Waals surface area contributed by atoms with Gasteiger partial charge in [0.25, 0.3) is 5.91 Å². The number of rotatable bonds is 6. The molecule has 28 heavy (non-hydrogen) atoms. The topological polar surface area (TPSA) is 111 Å². The van der Waals surface area contributed by atoms with Crippen LogP contribution in [0.3, 0.4) is 0 Å². The third kappa shape index (κ3) is 5.31. The lowest BCUT2D eigenvalue weighted by Crippen LogP contribution is -2.57. The van der Waals surface area contributed by atoms with E-state index in [1.807, 2.05) is 26.8 Å². The summed E-state index contributed by atoms with van der Waals surface area (Å²) < 4.78 is 0. The van der Waals surface area contributed by atoms with Crippen LogP contribution >= 0.6 is 0 Å². The molecule has 0 saturated carbocycles. The Kier molecular flexibility index (Phi) is 6.11. The molecule has 0 radical (unpaired) electrons. The summed E-state index contributed by atoms with van der Waals surface area (Å²) in [5.74, 6) is -1.94. The van der Waals surface area contributed by atoms with E-state index in [0.717, 1.165) is 0 Å². The maximum Gasteiger partial charge on any atom is 0.328 e. The zero-order valence-corrected chi connectivity index (χ0v) is 16.9. The third-order valence-corrected chi connectivity index (χ3v) is 4.25. The fourth-order valence-electron chi connectivity index (χ4n) is 2.64. The summed E-state index contributed by atoms with van der Waals surface area (Å²) in [6, 6.07) is 7.83. The molecule has 3 N–H and O–H groups in total. The Morgan fingerprint density at radius 2 is 1.75 bits per heavy atom. The summed E-state index contributed by atoms with van der Waals surface area (Å²) >= 11 is 0. The van der Waals surface area contributed by atoms with Gasteiger partial charge in [-0.25, -0.2) is 4.79 Å². The highest BCUT2D eigenvalue weighted by atomic mass is 16.4. The monoisotopic (exact) mass is 388 g/mol. The number of carboxylic acids is 1. The summed E-state index contributed by atoms with van der Waals surface area (Å²) in [6.07, 6.45) is -0.0459. The van der Waals surface area contributed by atoms with Crippen molar-refractivity contribution in [3.63, 3.8) is 0 Å². The van der Waals surface area contributed by atoms with E-state index in [4.69, 9.17) is 0 Å². The molecule has 1 heterocycles. The lowest BCUT2D eigenvalue weighted by atomic mass is 9.96. The smallest absolute Gasteiger partial charge is 0.328 e. The van der Waals surface area contributed by atoms with E-state index in [9.17, 15) is 19.5 Å². The molecular formula is C20H28N4O4. The van der Waals surface area contributed by atoms with Gasteiger partial charge in [-0.15, -0.1) is 0 Å². The molecule has 1 aromatic carbocycles. The molecule has 2 amide bonds. The summed E-state index contributed by atoms with van der Waals surface area (Å²) in [4.78, 5) is 36.7. The first-order chi connectivity index (χ1) is 12.9. The second-order valence-corrected chi connectivity index (χ2v) is 8.61. The van der Waals surface area contributed by atoms with E-state index in [1.54, 1.807) is 38.1 Å². The molecule has 8 nitrogen and oxygen atoms in total. The van der Waals surface area contributed by atoms with Crippen LogP contribution in [0.4, 0.5) is 5.69 Å². The molecule has 0 aromatic heterocycles. The Morgan fingerprint density at radius 3 is 2.29 bits per heavy atom. The van der Waals surface area contributed by atoms with Crippen molar-refractivity contribution in [1.82, 2.24) is 10.6 Å². The van der Waals surface area contributed by atoms with Gasteiger partial charge in [-0.1, -0.05) is 39.0 Å². The first-order valence-electron chi connectivity index (χ1n) is 9.16. The highest BCUT2D eigenvalue weighted by molar-refractivity contribution is 6.40. The second kappa shape index (κ2) is 8.00. The molecule has 152 valence electrons. The summed E-state index contributed by atoms with van der Waals surface area (Å²) in [5, 5.41) is 20.5. The van der Waals surface area contributed by atoms with E-state index in [2.05, 4.69) is 15.7 Å². The van der Waals surface area contributed by atoms with Gasteiger partial charge >= 0.3 is 5.97 Å². The van der Waals surface area contributed by atoms with Crippen molar-refractivity contribution >= 4 is 29.2 Å². The van der Waals surface area contributed by atoms with Crippen molar-refractivity contribution in [2.75, 3.05) is 11.6 Å². The Hall–Kier alpha value is -2.90. The number of hydrogen-bond acceptors (Lipinski definition) is 5. The SMILES string of the molecule is CC(C)(C)CNC(=O)C(C)(C)NC(=O)C1=NN(c2ccccc2)C(C(=O)O)C1. The van der Waals surface area contributed by atoms with Crippen LogP contribution in [0.15, 0.2) is 35.4 Å². The minimum Gasteiger partial charge on any atom is -0.480 e. The molecular weight excluding hydrogens is 360 g/mol. The molecule has 0 aliphatic carbocycles. The molecule has 1 unspecified atom stereocenters. The van der Waals surface area contributed by atoms with Crippen molar-refractivity contribution in [1.29, 1.82) is 0 Å². The first-order valence-corrected chi connectivity index (χ1v) is 9.16. The van der Waals surface area contributed by atoms with E-state index >= 15 is 0 Å². The maximum atomic E-state index is 12.7. The fraction of sp³-hybridized carbons (Fsp3) is 0.500. The Morgan fingerprint density at radius 1 is 1.14 bits per heavy atom. The van der Waals surface area contributed by atoms with E-state index in [1.165, 1.54) is 5.01 Å². The number of benzene rings is 1. The summed E-state index contributed by atoms with van der Waals surface area (Å²) in [5.41, 5.74) is -0.590. The summed E-state index contributed by atoms with van der Waals surface area (Å²) in [6.45, 7) is 9.65. The van der Waals surface area contributed by atoms with Crippen LogP contribution in [0.25, 0.3) is 0 Å². The number of nitrogens with one attached hydrogen (secondary N) is 2. The average Bonchev–Trinajstić information content (AvgIpc) is 3.05. The Labute approximate surface area is 165 Å². The van der Waals surface area contributed by atoms with Crippen LogP contribution < -0.4 is 15.6 Å². The van der Waals surface area contributed by atoms with Gasteiger partial charge in [0.05, 0.1) is 5.69 Å². The number of carbonyl (C=O) groups excluding carboxylic acids is 2. The van der Waals surface area contributed by atoms with Crippen LogP contribution in [0.1, 0.15) is 41.0 Å². The minimum absolute atomic E-state index is 0.0459. The van der Waals surface area contributed by atoms with Gasteiger partial charge in [-0.3, -0.25) is 14.6 Å². The molecule has 1 aliphatic rings. The van der Waals surface area contributed by atoms with Crippen LogP contribution in [0.2, 0.25) is 0 Å². The van der Waals surface area contributed by atoms with E-state index < -0.39 is 23.5 Å². The van der Waals surface area contributed by atoms with Gasteiger partial charge in [0.2, 0.25) is 5.91 Å². The van der Waals surface area contributed by atoms with Gasteiger partial charge in [0, 0.05) is 13.0 Å². The molecule has 1 aromatic rings. The normalized spacial score (nSPS) is 17.1. The molecule has 0 saturated heterocycles. The largest absolute Gasteiger partial charge is 0.480 e. The predicted octanol–water partition coefficient (Wildman–Crippen LogP) is 1.76. The van der Waals surface area contributed by atoms with Crippen molar-refractivity contribution < 1.29 is 19.5 Å². The van der Waals surface area contributed by atoms with Gasteiger partial charge in [-0.05, 0) is 31.4 Å². The molecule has 8 heteroatoms. The van der Waals surface area contributed by atoms with Gasteiger partial charge < -0.3 is 15.7 Å². The zero-order chi connectivity index (χ0) is 21.1. The average molecular weight is 388 g/mol. The van der Waals surface area contributed by atoms with Gasteiger partial charge in [-0.2, -0.15) is 5.10 Å². The fourth-order valence-corrected chi connectivity index (χ4v) is 2.64.